The molecule has 164 valence electrons. The maximum Gasteiger partial charge on any atom is 0.274 e. The number of benzene rings is 2. The van der Waals surface area contributed by atoms with E-state index in [1.165, 1.54) is 24.3 Å². The van der Waals surface area contributed by atoms with E-state index < -0.39 is 28.3 Å². The van der Waals surface area contributed by atoms with Crippen molar-refractivity contribution in [2.45, 2.75) is 15.5 Å². The molecule has 0 bridgehead atoms. The van der Waals surface area contributed by atoms with Crippen molar-refractivity contribution >= 4 is 56.3 Å². The van der Waals surface area contributed by atoms with Gasteiger partial charge in [0.25, 0.3) is 10.0 Å². The molecule has 3 aromatic rings. The van der Waals surface area contributed by atoms with Gasteiger partial charge in [0.05, 0.1) is 5.69 Å². The number of rotatable bonds is 10. The predicted octanol–water partition coefficient (Wildman–Crippen LogP) is 5.03. The van der Waals surface area contributed by atoms with Gasteiger partial charge in [-0.05, 0) is 60.0 Å². The van der Waals surface area contributed by atoms with Crippen molar-refractivity contribution in [1.82, 2.24) is 5.32 Å². The van der Waals surface area contributed by atoms with Crippen LogP contribution in [0.1, 0.15) is 6.42 Å². The first-order valence-corrected chi connectivity index (χ1v) is 13.0. The van der Waals surface area contributed by atoms with Crippen LogP contribution in [0, 0.1) is 5.82 Å². The van der Waals surface area contributed by atoms with Crippen LogP contribution in [0.15, 0.2) is 75.1 Å². The average molecular weight is 499 g/mol. The highest BCUT2D eigenvalue weighted by Gasteiger charge is 2.29. The molecule has 10 heteroatoms. The molecule has 0 radical (unpaired) electrons. The molecule has 0 fully saturated rings. The molecule has 0 aliphatic rings. The van der Waals surface area contributed by atoms with Crippen LogP contribution in [0.2, 0.25) is 5.02 Å². The maximum absolute atomic E-state index is 14.4. The summed E-state index contributed by atoms with van der Waals surface area (Å²) >= 11 is 8.51. The van der Waals surface area contributed by atoms with Gasteiger partial charge in [-0.2, -0.15) is 0 Å². The molecule has 1 heterocycles. The Morgan fingerprint density at radius 2 is 1.84 bits per heavy atom. The summed E-state index contributed by atoms with van der Waals surface area (Å²) in [7, 11) is -4.07. The topological polar surface area (TPSA) is 66.5 Å². The van der Waals surface area contributed by atoms with Crippen molar-refractivity contribution in [1.29, 1.82) is 0 Å². The summed E-state index contributed by atoms with van der Waals surface area (Å²) in [6, 6.07) is 16.0. The number of nitrogens with one attached hydrogen (secondary N) is 1. The molecular formula is C21H20ClFN2O3S3. The molecule has 1 N–H and O–H groups in total. The molecule has 31 heavy (non-hydrogen) atoms. The number of nitrogens with zero attached hydrogens (tertiary/aromatic N) is 1. The molecule has 0 unspecified atom stereocenters. The molecule has 1 aromatic heterocycles. The van der Waals surface area contributed by atoms with Crippen LogP contribution >= 0.6 is 34.7 Å². The molecule has 3 rings (SSSR count). The van der Waals surface area contributed by atoms with Crippen LogP contribution < -0.4 is 9.62 Å². The lowest BCUT2D eigenvalue weighted by atomic mass is 10.3. The summed E-state index contributed by atoms with van der Waals surface area (Å²) in [5.41, 5.74) is -0.163. The summed E-state index contributed by atoms with van der Waals surface area (Å²) in [6.07, 6.45) is 0.691. The van der Waals surface area contributed by atoms with E-state index in [9.17, 15) is 17.6 Å². The van der Waals surface area contributed by atoms with Gasteiger partial charge in [0.15, 0.2) is 0 Å². The second-order valence-corrected chi connectivity index (χ2v) is 11.0. The molecule has 0 aliphatic heterocycles. The Balaban J connectivity index is 1.60. The smallest absolute Gasteiger partial charge is 0.274 e. The number of anilines is 1. The van der Waals surface area contributed by atoms with Crippen molar-refractivity contribution in [2.75, 3.05) is 23.1 Å². The number of para-hydroxylation sites is 1. The first-order chi connectivity index (χ1) is 14.9. The summed E-state index contributed by atoms with van der Waals surface area (Å²) < 4.78 is 41.2. The quantitative estimate of drug-likeness (QED) is 0.314. The third-order valence-corrected chi connectivity index (χ3v) is 8.66. The summed E-state index contributed by atoms with van der Waals surface area (Å²) in [5, 5.41) is 5.01. The number of thiophene rings is 1. The average Bonchev–Trinajstić information content (AvgIpc) is 3.30. The highest BCUT2D eigenvalue weighted by Crippen LogP contribution is 2.28. The second-order valence-electron chi connectivity index (χ2n) is 6.40. The fourth-order valence-corrected chi connectivity index (χ4v) is 6.19. The van der Waals surface area contributed by atoms with Crippen LogP contribution in [-0.4, -0.2) is 33.2 Å². The van der Waals surface area contributed by atoms with E-state index in [0.717, 1.165) is 32.4 Å². The number of hydrogen-bond acceptors (Lipinski definition) is 5. The minimum Gasteiger partial charge on any atom is -0.354 e. The fraction of sp³-hybridized carbons (Fsp3) is 0.190. The number of amides is 1. The number of sulfonamides is 1. The summed E-state index contributed by atoms with van der Waals surface area (Å²) in [6.45, 7) is -0.130. The summed E-state index contributed by atoms with van der Waals surface area (Å²) in [5.74, 6) is -0.443. The van der Waals surface area contributed by atoms with Gasteiger partial charge in [0.1, 0.15) is 16.6 Å². The number of carbonyl (C=O) groups is 1. The zero-order valence-electron chi connectivity index (χ0n) is 16.3. The van der Waals surface area contributed by atoms with E-state index >= 15 is 0 Å². The van der Waals surface area contributed by atoms with Gasteiger partial charge >= 0.3 is 0 Å². The Morgan fingerprint density at radius 1 is 1.10 bits per heavy atom. The third kappa shape index (κ3) is 6.46. The van der Waals surface area contributed by atoms with Gasteiger partial charge in [0.2, 0.25) is 5.91 Å². The van der Waals surface area contributed by atoms with Crippen LogP contribution in [0.5, 0.6) is 0 Å². The zero-order chi connectivity index (χ0) is 22.3. The minimum absolute atomic E-state index is 0.0444. The first kappa shape index (κ1) is 23.6. The van der Waals surface area contributed by atoms with Gasteiger partial charge in [0, 0.05) is 16.5 Å². The lowest BCUT2D eigenvalue weighted by molar-refractivity contribution is -0.119. The third-order valence-electron chi connectivity index (χ3n) is 4.17. The Morgan fingerprint density at radius 3 is 2.52 bits per heavy atom. The fourth-order valence-electron chi connectivity index (χ4n) is 2.68. The molecule has 0 saturated carbocycles. The Hall–Kier alpha value is -2.07. The molecule has 0 spiro atoms. The standard InChI is InChI=1S/C21H20ClFN2O3S3/c22-16-8-10-17(11-9-16)29-14-4-12-24-20(26)15-25(19-6-2-1-5-18(19)23)31(27,28)21-7-3-13-30-21/h1-3,5-11,13H,4,12,14-15H2,(H,24,26). The zero-order valence-corrected chi connectivity index (χ0v) is 19.5. The minimum atomic E-state index is -4.07. The van der Waals surface area contributed by atoms with Crippen LogP contribution in [-0.2, 0) is 14.8 Å². The van der Waals surface area contributed by atoms with Gasteiger partial charge in [-0.1, -0.05) is 29.8 Å². The molecule has 0 atom stereocenters. The number of carbonyl (C=O) groups excluding carboxylic acids is 1. The lowest BCUT2D eigenvalue weighted by Crippen LogP contribution is -2.41. The maximum atomic E-state index is 14.4. The van der Waals surface area contributed by atoms with Crippen molar-refractivity contribution < 1.29 is 17.6 Å². The molecule has 5 nitrogen and oxygen atoms in total. The molecule has 0 aliphatic carbocycles. The van der Waals surface area contributed by atoms with E-state index in [4.69, 9.17) is 11.6 Å². The second kappa shape index (κ2) is 11.0. The van der Waals surface area contributed by atoms with Gasteiger partial charge < -0.3 is 5.32 Å². The monoisotopic (exact) mass is 498 g/mol. The van der Waals surface area contributed by atoms with Crippen LogP contribution in [0.25, 0.3) is 0 Å². The van der Waals surface area contributed by atoms with Gasteiger partial charge in [-0.25, -0.2) is 12.8 Å². The lowest BCUT2D eigenvalue weighted by Gasteiger charge is -2.23. The normalized spacial score (nSPS) is 11.3. The Labute approximate surface area is 194 Å². The highest BCUT2D eigenvalue weighted by atomic mass is 35.5. The highest BCUT2D eigenvalue weighted by molar-refractivity contribution is 7.99. The SMILES string of the molecule is O=C(CN(c1ccccc1F)S(=O)(=O)c1cccs1)NCCCSc1ccc(Cl)cc1. The van der Waals surface area contributed by atoms with E-state index in [2.05, 4.69) is 5.32 Å². The Bertz CT molecular complexity index is 1110. The van der Waals surface area contributed by atoms with Crippen molar-refractivity contribution in [3.8, 4) is 0 Å². The molecule has 2 aromatic carbocycles. The van der Waals surface area contributed by atoms with E-state index in [-0.39, 0.29) is 9.90 Å². The number of thioether (sulfide) groups is 1. The number of halogens is 2. The van der Waals surface area contributed by atoms with Gasteiger partial charge in [-0.15, -0.1) is 23.1 Å². The largest absolute Gasteiger partial charge is 0.354 e. The van der Waals surface area contributed by atoms with Crippen molar-refractivity contribution in [3.05, 3.63) is 76.9 Å². The molecule has 0 saturated heterocycles. The predicted molar refractivity (Wildman–Crippen MR) is 125 cm³/mol. The van der Waals surface area contributed by atoms with Crippen molar-refractivity contribution in [3.63, 3.8) is 0 Å². The van der Waals surface area contributed by atoms with Crippen LogP contribution in [0.3, 0.4) is 0 Å². The van der Waals surface area contributed by atoms with Crippen molar-refractivity contribution in [2.24, 2.45) is 0 Å². The van der Waals surface area contributed by atoms with Gasteiger partial charge in [-0.3, -0.25) is 9.10 Å². The molecule has 1 amide bonds. The van der Waals surface area contributed by atoms with E-state index in [1.54, 1.807) is 23.2 Å². The summed E-state index contributed by atoms with van der Waals surface area (Å²) in [4.78, 5) is 13.5. The van der Waals surface area contributed by atoms with Crippen LogP contribution in [0.4, 0.5) is 10.1 Å². The molecular weight excluding hydrogens is 479 g/mol. The number of hydrogen-bond donors (Lipinski definition) is 1. The van der Waals surface area contributed by atoms with E-state index in [1.807, 2.05) is 24.3 Å². The Kier molecular flexibility index (Phi) is 8.36. The van der Waals surface area contributed by atoms with E-state index in [0.29, 0.717) is 18.0 Å². The first-order valence-electron chi connectivity index (χ1n) is 9.34.